The summed E-state index contributed by atoms with van der Waals surface area (Å²) < 4.78 is 42.4. The van der Waals surface area contributed by atoms with Crippen LogP contribution in [0.4, 0.5) is 18.9 Å². The van der Waals surface area contributed by atoms with Crippen molar-refractivity contribution >= 4 is 23.1 Å². The summed E-state index contributed by atoms with van der Waals surface area (Å²) in [4.78, 5) is 3.35. The minimum atomic E-state index is -0.888. The van der Waals surface area contributed by atoms with Crippen LogP contribution in [0.25, 0.3) is 11.1 Å². The second kappa shape index (κ2) is 10.0. The number of unbranched alkanes of at least 4 members (excludes halogenated alkanes) is 1. The molecular formula is C25H18F3NS. The zero-order valence-electron chi connectivity index (χ0n) is 16.3. The Morgan fingerprint density at radius 1 is 0.833 bits per heavy atom. The number of nitrogens with zero attached hydrogens (tertiary/aromatic N) is 1. The van der Waals surface area contributed by atoms with Crippen LogP contribution in [-0.2, 0) is 6.42 Å². The minimum absolute atomic E-state index is 0.112. The number of rotatable bonds is 5. The average molecular weight is 421 g/mol. The zero-order valence-corrected chi connectivity index (χ0v) is 17.1. The van der Waals surface area contributed by atoms with Gasteiger partial charge >= 0.3 is 0 Å². The molecule has 0 heterocycles. The molecule has 150 valence electrons. The number of isothiocyanates is 1. The summed E-state index contributed by atoms with van der Waals surface area (Å²) in [5, 5.41) is 1.93. The highest BCUT2D eigenvalue weighted by Gasteiger charge is 2.09. The third-order valence-corrected chi connectivity index (χ3v) is 4.67. The smallest absolute Gasteiger partial charge is 0.153 e. The van der Waals surface area contributed by atoms with Gasteiger partial charge in [-0.25, -0.2) is 13.2 Å². The molecule has 1 nitrogen and oxygen atoms in total. The quantitative estimate of drug-likeness (QED) is 0.240. The van der Waals surface area contributed by atoms with E-state index < -0.39 is 23.1 Å². The van der Waals surface area contributed by atoms with Crippen LogP contribution in [0, 0.1) is 29.3 Å². The lowest BCUT2D eigenvalue weighted by Gasteiger charge is -2.06. The van der Waals surface area contributed by atoms with Gasteiger partial charge in [-0.3, -0.25) is 0 Å². The van der Waals surface area contributed by atoms with Crippen molar-refractivity contribution in [2.45, 2.75) is 26.2 Å². The van der Waals surface area contributed by atoms with Crippen LogP contribution in [0.5, 0.6) is 0 Å². The van der Waals surface area contributed by atoms with Gasteiger partial charge in [0.2, 0.25) is 0 Å². The molecule has 0 atom stereocenters. The van der Waals surface area contributed by atoms with Crippen LogP contribution in [0.1, 0.15) is 36.5 Å². The van der Waals surface area contributed by atoms with Crippen LogP contribution in [0.3, 0.4) is 0 Å². The van der Waals surface area contributed by atoms with Crippen LogP contribution in [0.15, 0.2) is 59.6 Å². The summed E-state index contributed by atoms with van der Waals surface area (Å²) in [6, 6.07) is 14.6. The van der Waals surface area contributed by atoms with Gasteiger partial charge in [-0.15, -0.1) is 0 Å². The first-order valence-corrected chi connectivity index (χ1v) is 9.90. The maximum Gasteiger partial charge on any atom is 0.153 e. The lowest BCUT2D eigenvalue weighted by atomic mass is 10.00. The van der Waals surface area contributed by atoms with Crippen LogP contribution in [0.2, 0.25) is 0 Å². The molecule has 0 N–H and O–H groups in total. The highest BCUT2D eigenvalue weighted by atomic mass is 32.1. The Hall–Kier alpha value is -3.19. The number of hydrogen-bond acceptors (Lipinski definition) is 2. The van der Waals surface area contributed by atoms with Gasteiger partial charge in [0.15, 0.2) is 11.6 Å². The Morgan fingerprint density at radius 2 is 1.47 bits per heavy atom. The summed E-state index contributed by atoms with van der Waals surface area (Å²) in [7, 11) is 0. The Morgan fingerprint density at radius 3 is 2.07 bits per heavy atom. The SMILES string of the molecule is CCCCc1ccc(-c2ccc(C#Cc3cc(F)c(N=C=S)c(F)c3)cc2F)cc1. The predicted molar refractivity (Wildman–Crippen MR) is 117 cm³/mol. The molecule has 0 radical (unpaired) electrons. The van der Waals surface area contributed by atoms with Crippen LogP contribution in [-0.4, -0.2) is 5.16 Å². The lowest BCUT2D eigenvalue weighted by Crippen LogP contribution is -1.89. The van der Waals surface area contributed by atoms with Crippen molar-refractivity contribution in [3.05, 3.63) is 88.7 Å². The molecule has 0 aromatic heterocycles. The molecular weight excluding hydrogens is 403 g/mol. The van der Waals surface area contributed by atoms with E-state index in [2.05, 4.69) is 36.0 Å². The van der Waals surface area contributed by atoms with Crippen molar-refractivity contribution in [2.24, 2.45) is 4.99 Å². The van der Waals surface area contributed by atoms with E-state index in [0.29, 0.717) is 11.1 Å². The molecule has 0 amide bonds. The van der Waals surface area contributed by atoms with Crippen molar-refractivity contribution in [3.8, 4) is 23.0 Å². The van der Waals surface area contributed by atoms with Crippen LogP contribution < -0.4 is 0 Å². The second-order valence-electron chi connectivity index (χ2n) is 6.74. The van der Waals surface area contributed by atoms with E-state index in [1.165, 1.54) is 11.6 Å². The molecule has 3 rings (SSSR count). The van der Waals surface area contributed by atoms with Gasteiger partial charge in [0.1, 0.15) is 11.5 Å². The molecule has 0 unspecified atom stereocenters. The monoisotopic (exact) mass is 421 g/mol. The van der Waals surface area contributed by atoms with E-state index >= 15 is 0 Å². The third kappa shape index (κ3) is 5.24. The van der Waals surface area contributed by atoms with E-state index in [1.54, 1.807) is 12.1 Å². The molecule has 0 bridgehead atoms. The molecule has 3 aromatic rings. The molecule has 0 aliphatic heterocycles. The normalized spacial score (nSPS) is 10.1. The average Bonchev–Trinajstić information content (AvgIpc) is 2.74. The fourth-order valence-corrected chi connectivity index (χ4v) is 3.08. The molecule has 0 spiro atoms. The molecule has 0 saturated carbocycles. The number of thiocarbonyl (C=S) groups is 1. The minimum Gasteiger partial charge on any atom is -0.206 e. The number of aryl methyl sites for hydroxylation is 1. The third-order valence-electron chi connectivity index (χ3n) is 4.58. The second-order valence-corrected chi connectivity index (χ2v) is 6.92. The lowest BCUT2D eigenvalue weighted by molar-refractivity contribution is 0.587. The molecule has 30 heavy (non-hydrogen) atoms. The largest absolute Gasteiger partial charge is 0.206 e. The summed E-state index contributed by atoms with van der Waals surface area (Å²) in [6.07, 6.45) is 3.26. The molecule has 0 aliphatic carbocycles. The standard InChI is InChI=1S/C25H18F3NS/c1-2-3-4-17-7-10-20(11-8-17)21-12-9-18(13-22(21)26)5-6-19-14-23(27)25(29-16-30)24(28)15-19/h7-15H,2-4H2,1H3. The van der Waals surface area contributed by atoms with E-state index in [-0.39, 0.29) is 5.56 Å². The fraction of sp³-hybridized carbons (Fsp3) is 0.160. The van der Waals surface area contributed by atoms with Crippen LogP contribution >= 0.6 is 12.2 Å². The van der Waals surface area contributed by atoms with Gasteiger partial charge in [-0.1, -0.05) is 55.5 Å². The summed E-state index contributed by atoms with van der Waals surface area (Å²) in [5.41, 5.74) is 2.49. The van der Waals surface area contributed by atoms with E-state index in [4.69, 9.17) is 0 Å². The van der Waals surface area contributed by atoms with E-state index in [9.17, 15) is 13.2 Å². The maximum atomic E-state index is 14.6. The Labute approximate surface area is 179 Å². The van der Waals surface area contributed by atoms with E-state index in [1.807, 2.05) is 29.4 Å². The zero-order chi connectivity index (χ0) is 21.5. The molecule has 3 aromatic carbocycles. The predicted octanol–water partition coefficient (Wildman–Crippen LogP) is 7.25. The van der Waals surface area contributed by atoms with Crippen molar-refractivity contribution in [2.75, 3.05) is 0 Å². The highest BCUT2D eigenvalue weighted by molar-refractivity contribution is 7.78. The molecule has 5 heteroatoms. The number of halogens is 3. The number of hydrogen-bond donors (Lipinski definition) is 0. The van der Waals surface area contributed by atoms with Crippen molar-refractivity contribution in [1.82, 2.24) is 0 Å². The highest BCUT2D eigenvalue weighted by Crippen LogP contribution is 2.25. The van der Waals surface area contributed by atoms with Crippen molar-refractivity contribution in [1.29, 1.82) is 0 Å². The first-order valence-electron chi connectivity index (χ1n) is 9.49. The molecule has 0 fully saturated rings. The maximum absolute atomic E-state index is 14.6. The van der Waals surface area contributed by atoms with Gasteiger partial charge in [0.25, 0.3) is 0 Å². The van der Waals surface area contributed by atoms with Gasteiger partial charge in [-0.2, -0.15) is 4.99 Å². The summed E-state index contributed by atoms with van der Waals surface area (Å²) in [5.74, 6) is 3.18. The first-order chi connectivity index (χ1) is 14.5. The van der Waals surface area contributed by atoms with Crippen molar-refractivity contribution < 1.29 is 13.2 Å². The van der Waals surface area contributed by atoms with Crippen molar-refractivity contribution in [3.63, 3.8) is 0 Å². The first kappa shape index (κ1) is 21.5. The summed E-state index contributed by atoms with van der Waals surface area (Å²) >= 11 is 4.37. The van der Waals surface area contributed by atoms with Gasteiger partial charge < -0.3 is 0 Å². The van der Waals surface area contributed by atoms with Gasteiger partial charge in [0, 0.05) is 16.7 Å². The Bertz CT molecular complexity index is 1140. The summed E-state index contributed by atoms with van der Waals surface area (Å²) in [6.45, 7) is 2.14. The fourth-order valence-electron chi connectivity index (χ4n) is 2.99. The topological polar surface area (TPSA) is 12.4 Å². The van der Waals surface area contributed by atoms with Gasteiger partial charge in [-0.05, 0) is 60.5 Å². The van der Waals surface area contributed by atoms with E-state index in [0.717, 1.165) is 37.0 Å². The number of aliphatic imine (C=N–C) groups is 1. The Kier molecular flexibility index (Phi) is 7.19. The molecule has 0 aliphatic rings. The Balaban J connectivity index is 1.82. The molecule has 0 saturated heterocycles. The number of benzene rings is 3. The van der Waals surface area contributed by atoms with Gasteiger partial charge in [0.05, 0.1) is 5.16 Å².